The number of nitrogens with zero attached hydrogens (tertiary/aromatic N) is 2. The zero-order chi connectivity index (χ0) is 28.4. The maximum Gasteiger partial charge on any atom is 0.237 e. The molecule has 2 atom stereocenters. The minimum Gasteiger partial charge on any atom is -0.496 e. The number of rotatable bonds is 10. The lowest BCUT2D eigenvalue weighted by molar-refractivity contribution is 0.0697. The van der Waals surface area contributed by atoms with Crippen LogP contribution in [0.25, 0.3) is 0 Å². The van der Waals surface area contributed by atoms with Gasteiger partial charge in [0, 0.05) is 16.9 Å². The van der Waals surface area contributed by atoms with Crippen LogP contribution in [0.5, 0.6) is 11.5 Å². The van der Waals surface area contributed by atoms with Crippen LogP contribution in [-0.2, 0) is 15.4 Å². The molecule has 1 heterocycles. The van der Waals surface area contributed by atoms with Crippen LogP contribution in [0.1, 0.15) is 55.4 Å². The molecule has 5 rings (SSSR count). The SMILES string of the molecule is COc1ccccc1[C@]1(COc2cnc(C)nc2C)C[C@H]1C(O[Si]C(C)(C)C)(c1ccccc1)c1ccccc1. The molecule has 2 radical (unpaired) electrons. The summed E-state index contributed by atoms with van der Waals surface area (Å²) >= 11 is 0. The molecular formula is C34H38N2O3Si. The van der Waals surface area contributed by atoms with E-state index in [4.69, 9.17) is 13.9 Å². The molecule has 0 N–H and O–H groups in total. The number of hydrogen-bond donors (Lipinski definition) is 0. The van der Waals surface area contributed by atoms with E-state index >= 15 is 0 Å². The summed E-state index contributed by atoms with van der Waals surface area (Å²) < 4.78 is 19.8. The normalized spacial score (nSPS) is 18.8. The van der Waals surface area contributed by atoms with Gasteiger partial charge in [-0.1, -0.05) is 99.6 Å². The second-order valence-electron chi connectivity index (χ2n) is 11.7. The Labute approximate surface area is 240 Å². The maximum atomic E-state index is 7.24. The van der Waals surface area contributed by atoms with Crippen molar-refractivity contribution in [1.29, 1.82) is 0 Å². The third-order valence-electron chi connectivity index (χ3n) is 7.67. The first-order chi connectivity index (χ1) is 19.2. The summed E-state index contributed by atoms with van der Waals surface area (Å²) in [7, 11) is 2.03. The molecule has 1 aromatic heterocycles. The summed E-state index contributed by atoms with van der Waals surface area (Å²) in [5.41, 5.74) is 3.22. The van der Waals surface area contributed by atoms with Gasteiger partial charge in [0.15, 0.2) is 5.75 Å². The minimum atomic E-state index is -0.683. The van der Waals surface area contributed by atoms with Gasteiger partial charge in [-0.2, -0.15) is 0 Å². The highest BCUT2D eigenvalue weighted by molar-refractivity contribution is 6.32. The van der Waals surface area contributed by atoms with E-state index in [1.807, 2.05) is 26.0 Å². The number of hydrogen-bond acceptors (Lipinski definition) is 5. The molecule has 5 nitrogen and oxygen atoms in total. The minimum absolute atomic E-state index is 0.00362. The van der Waals surface area contributed by atoms with Crippen LogP contribution >= 0.6 is 0 Å². The molecule has 0 amide bonds. The molecular weight excluding hydrogens is 512 g/mol. The highest BCUT2D eigenvalue weighted by atomic mass is 28.2. The van der Waals surface area contributed by atoms with Crippen LogP contribution in [0.15, 0.2) is 91.1 Å². The number of para-hydroxylation sites is 1. The second kappa shape index (κ2) is 11.2. The molecule has 1 saturated carbocycles. The molecule has 4 aromatic rings. The van der Waals surface area contributed by atoms with Gasteiger partial charge >= 0.3 is 0 Å². The van der Waals surface area contributed by atoms with Crippen LogP contribution in [0, 0.1) is 19.8 Å². The zero-order valence-corrected chi connectivity index (χ0v) is 25.3. The van der Waals surface area contributed by atoms with Gasteiger partial charge in [-0.15, -0.1) is 0 Å². The molecule has 0 aliphatic heterocycles. The Morgan fingerprint density at radius 1 is 0.850 bits per heavy atom. The molecule has 1 aliphatic carbocycles. The lowest BCUT2D eigenvalue weighted by atomic mass is 9.77. The molecule has 0 spiro atoms. The van der Waals surface area contributed by atoms with E-state index in [2.05, 4.69) is 104 Å². The van der Waals surface area contributed by atoms with E-state index < -0.39 is 5.60 Å². The van der Waals surface area contributed by atoms with E-state index in [0.29, 0.717) is 12.4 Å². The molecule has 40 heavy (non-hydrogen) atoms. The fraction of sp³-hybridized carbons (Fsp3) is 0.353. The smallest absolute Gasteiger partial charge is 0.237 e. The summed E-state index contributed by atoms with van der Waals surface area (Å²) in [4.78, 5) is 8.94. The van der Waals surface area contributed by atoms with Gasteiger partial charge in [0.25, 0.3) is 0 Å². The van der Waals surface area contributed by atoms with Gasteiger partial charge in [-0.3, -0.25) is 0 Å². The van der Waals surface area contributed by atoms with E-state index in [0.717, 1.165) is 40.4 Å². The van der Waals surface area contributed by atoms with Gasteiger partial charge in [0.2, 0.25) is 9.76 Å². The first-order valence-corrected chi connectivity index (χ1v) is 14.7. The van der Waals surface area contributed by atoms with Gasteiger partial charge in [0.05, 0.1) is 25.6 Å². The molecule has 3 aromatic carbocycles. The van der Waals surface area contributed by atoms with Crippen LogP contribution in [0.4, 0.5) is 0 Å². The van der Waals surface area contributed by atoms with E-state index in [-0.39, 0.29) is 26.1 Å². The lowest BCUT2D eigenvalue weighted by Gasteiger charge is -2.40. The zero-order valence-electron chi connectivity index (χ0n) is 24.3. The Morgan fingerprint density at radius 2 is 1.45 bits per heavy atom. The Kier molecular flexibility index (Phi) is 7.84. The molecule has 1 fully saturated rings. The van der Waals surface area contributed by atoms with Gasteiger partial charge in [0.1, 0.15) is 17.2 Å². The van der Waals surface area contributed by atoms with E-state index in [1.165, 1.54) is 0 Å². The standard InChI is InChI=1S/C34H38N2O3Si/c1-24-30(22-35-25(2)36-24)38-23-33(28-19-13-14-20-29(28)37-6)21-31(33)34(39-40-32(3,4)5,26-15-9-7-10-16-26)27-17-11-8-12-18-27/h7-20,22,31H,21,23H2,1-6H3/t31-,33-/m1/s1. The Hall–Kier alpha value is -3.48. The monoisotopic (exact) mass is 550 g/mol. The largest absolute Gasteiger partial charge is 0.496 e. The van der Waals surface area contributed by atoms with Crippen LogP contribution in [0.3, 0.4) is 0 Å². The van der Waals surface area contributed by atoms with Crippen molar-refractivity contribution in [3.05, 3.63) is 119 Å². The number of ether oxygens (including phenoxy) is 2. The van der Waals surface area contributed by atoms with Crippen molar-refractivity contribution >= 4 is 9.76 Å². The Bertz CT molecular complexity index is 1400. The lowest BCUT2D eigenvalue weighted by Crippen LogP contribution is -2.41. The van der Waals surface area contributed by atoms with Gasteiger partial charge in [-0.25, -0.2) is 9.97 Å². The second-order valence-corrected chi connectivity index (χ2v) is 13.6. The average Bonchev–Trinajstić information content (AvgIpc) is 3.69. The topological polar surface area (TPSA) is 53.5 Å². The van der Waals surface area contributed by atoms with E-state index in [9.17, 15) is 0 Å². The highest BCUT2D eigenvalue weighted by Crippen LogP contribution is 2.66. The van der Waals surface area contributed by atoms with Crippen molar-refractivity contribution in [3.8, 4) is 11.5 Å². The van der Waals surface area contributed by atoms with Gasteiger partial charge in [-0.05, 0) is 42.5 Å². The first-order valence-electron chi connectivity index (χ1n) is 13.8. The number of aryl methyl sites for hydroxylation is 2. The Balaban J connectivity index is 1.68. The number of aromatic nitrogens is 2. The molecule has 0 bridgehead atoms. The van der Waals surface area contributed by atoms with Crippen molar-refractivity contribution in [1.82, 2.24) is 9.97 Å². The first kappa shape index (κ1) is 28.1. The predicted octanol–water partition coefficient (Wildman–Crippen LogP) is 7.24. The van der Waals surface area contributed by atoms with Crippen LogP contribution in [-0.4, -0.2) is 33.4 Å². The fourth-order valence-electron chi connectivity index (χ4n) is 5.71. The van der Waals surface area contributed by atoms with E-state index in [1.54, 1.807) is 13.3 Å². The highest BCUT2D eigenvalue weighted by Gasteiger charge is 2.67. The van der Waals surface area contributed by atoms with Crippen molar-refractivity contribution in [2.45, 2.75) is 57.1 Å². The summed E-state index contributed by atoms with van der Waals surface area (Å²) in [5, 5.41) is 0.00362. The average molecular weight is 551 g/mol. The molecule has 0 saturated heterocycles. The summed E-state index contributed by atoms with van der Waals surface area (Å²) in [5.74, 6) is 2.38. The van der Waals surface area contributed by atoms with Gasteiger partial charge < -0.3 is 13.9 Å². The number of methoxy groups -OCH3 is 1. The molecule has 1 aliphatic rings. The number of benzene rings is 3. The molecule has 6 heteroatoms. The molecule has 206 valence electrons. The van der Waals surface area contributed by atoms with Crippen molar-refractivity contribution in [2.75, 3.05) is 13.7 Å². The quantitative estimate of drug-likeness (QED) is 0.195. The van der Waals surface area contributed by atoms with Crippen LogP contribution in [0.2, 0.25) is 5.04 Å². The predicted molar refractivity (Wildman–Crippen MR) is 160 cm³/mol. The van der Waals surface area contributed by atoms with Crippen LogP contribution < -0.4 is 9.47 Å². The third-order valence-corrected chi connectivity index (χ3v) is 8.71. The van der Waals surface area contributed by atoms with Crippen molar-refractivity contribution in [3.63, 3.8) is 0 Å². The summed E-state index contributed by atoms with van der Waals surface area (Å²) in [6, 6.07) is 29.7. The third kappa shape index (κ3) is 5.43. The molecule has 0 unspecified atom stereocenters. The Morgan fingerprint density at radius 3 is 2.02 bits per heavy atom. The van der Waals surface area contributed by atoms with Crippen molar-refractivity contribution < 1.29 is 13.9 Å². The summed E-state index contributed by atoms with van der Waals surface area (Å²) in [6.07, 6.45) is 2.65. The maximum absolute atomic E-state index is 7.24. The summed E-state index contributed by atoms with van der Waals surface area (Å²) in [6.45, 7) is 11.0. The van der Waals surface area contributed by atoms with Crippen molar-refractivity contribution in [2.24, 2.45) is 5.92 Å². The fourth-order valence-corrected chi connectivity index (χ4v) is 6.56.